The molecule has 0 radical (unpaired) electrons. The summed E-state index contributed by atoms with van der Waals surface area (Å²) in [5.41, 5.74) is 0.935. The fourth-order valence-corrected chi connectivity index (χ4v) is 1.64. The van der Waals surface area contributed by atoms with Gasteiger partial charge < -0.3 is 5.32 Å². The van der Waals surface area contributed by atoms with Gasteiger partial charge in [-0.1, -0.05) is 18.2 Å². The number of nitrogens with one attached hydrogen (secondary N) is 1. The largest absolute Gasteiger partial charge is 0.345 e. The second-order valence-electron chi connectivity index (χ2n) is 3.55. The van der Waals surface area contributed by atoms with Crippen LogP contribution in [0.15, 0.2) is 36.4 Å². The van der Waals surface area contributed by atoms with Crippen LogP contribution in [-0.4, -0.2) is 10.8 Å². The van der Waals surface area contributed by atoms with Crippen LogP contribution in [0.3, 0.4) is 0 Å². The van der Waals surface area contributed by atoms with Crippen molar-refractivity contribution >= 4 is 11.6 Å². The molecule has 0 saturated heterocycles. The zero-order valence-corrected chi connectivity index (χ0v) is 8.42. The van der Waals surface area contributed by atoms with E-state index in [1.54, 1.807) is 18.2 Å². The Bertz CT molecular complexity index is 451. The molecule has 5 heteroatoms. The number of carbonyl (C=O) groups excluding carboxylic acids is 1. The quantitative estimate of drug-likeness (QED) is 0.606. The summed E-state index contributed by atoms with van der Waals surface area (Å²) in [6, 6.07) is 6.14. The van der Waals surface area contributed by atoms with Crippen LogP contribution in [0.5, 0.6) is 0 Å². The molecule has 16 heavy (non-hydrogen) atoms. The van der Waals surface area contributed by atoms with Gasteiger partial charge in [0.25, 0.3) is 5.69 Å². The number of non-ortho nitro benzene ring substituents is 1. The molecule has 0 bridgehead atoms. The number of hydrogen-bond donors (Lipinski definition) is 1. The van der Waals surface area contributed by atoms with Crippen molar-refractivity contribution in [2.45, 2.75) is 12.5 Å². The number of nitro groups is 1. The third-order valence-electron chi connectivity index (χ3n) is 2.46. The molecular formula is C11H10N2O3. The zero-order chi connectivity index (χ0) is 11.5. The molecule has 1 aliphatic rings. The van der Waals surface area contributed by atoms with Crippen molar-refractivity contribution in [2.24, 2.45) is 0 Å². The van der Waals surface area contributed by atoms with E-state index in [0.29, 0.717) is 6.42 Å². The first-order valence-corrected chi connectivity index (χ1v) is 4.88. The smallest absolute Gasteiger partial charge is 0.269 e. The summed E-state index contributed by atoms with van der Waals surface area (Å²) < 4.78 is 0. The van der Waals surface area contributed by atoms with E-state index in [9.17, 15) is 14.9 Å². The van der Waals surface area contributed by atoms with Gasteiger partial charge in [-0.05, 0) is 18.1 Å². The highest BCUT2D eigenvalue weighted by molar-refractivity contribution is 5.88. The molecule has 1 aromatic rings. The van der Waals surface area contributed by atoms with Gasteiger partial charge >= 0.3 is 0 Å². The molecule has 0 spiro atoms. The van der Waals surface area contributed by atoms with E-state index in [1.165, 1.54) is 18.2 Å². The number of nitro benzene ring substituents is 1. The van der Waals surface area contributed by atoms with E-state index >= 15 is 0 Å². The summed E-state index contributed by atoms with van der Waals surface area (Å²) in [5, 5.41) is 13.3. The average molecular weight is 218 g/mol. The number of amides is 1. The van der Waals surface area contributed by atoms with Gasteiger partial charge in [0.05, 0.1) is 11.0 Å². The molecular weight excluding hydrogens is 208 g/mol. The number of carbonyl (C=O) groups is 1. The lowest BCUT2D eigenvalue weighted by molar-refractivity contribution is -0.384. The van der Waals surface area contributed by atoms with Crippen LogP contribution >= 0.6 is 0 Å². The van der Waals surface area contributed by atoms with E-state index in [-0.39, 0.29) is 17.6 Å². The van der Waals surface area contributed by atoms with Crippen molar-refractivity contribution in [3.63, 3.8) is 0 Å². The highest BCUT2D eigenvalue weighted by Gasteiger charge is 2.16. The third-order valence-corrected chi connectivity index (χ3v) is 2.46. The van der Waals surface area contributed by atoms with E-state index in [4.69, 9.17) is 0 Å². The van der Waals surface area contributed by atoms with Gasteiger partial charge in [0.1, 0.15) is 0 Å². The van der Waals surface area contributed by atoms with Crippen molar-refractivity contribution in [1.82, 2.24) is 5.32 Å². The van der Waals surface area contributed by atoms with Crippen LogP contribution in [0.1, 0.15) is 18.0 Å². The maximum atomic E-state index is 11.1. The Kier molecular flexibility index (Phi) is 2.68. The van der Waals surface area contributed by atoms with Gasteiger partial charge in [0.2, 0.25) is 5.91 Å². The molecule has 1 atom stereocenters. The fraction of sp³-hybridized carbons (Fsp3) is 0.182. The van der Waals surface area contributed by atoms with E-state index in [0.717, 1.165) is 5.56 Å². The minimum atomic E-state index is -0.441. The third kappa shape index (κ3) is 2.08. The molecule has 0 unspecified atom stereocenters. The summed E-state index contributed by atoms with van der Waals surface area (Å²) in [6.45, 7) is 0. The molecule has 0 fully saturated rings. The number of benzene rings is 1. The van der Waals surface area contributed by atoms with E-state index in [2.05, 4.69) is 5.32 Å². The van der Waals surface area contributed by atoms with Crippen molar-refractivity contribution in [3.8, 4) is 0 Å². The minimum absolute atomic E-state index is 0.0569. The summed E-state index contributed by atoms with van der Waals surface area (Å²) >= 11 is 0. The second kappa shape index (κ2) is 4.14. The summed E-state index contributed by atoms with van der Waals surface area (Å²) in [5.74, 6) is -0.130. The van der Waals surface area contributed by atoms with Crippen molar-refractivity contribution in [3.05, 3.63) is 52.1 Å². The Balaban J connectivity index is 2.19. The lowest BCUT2D eigenvalue weighted by Gasteiger charge is -2.19. The predicted molar refractivity (Wildman–Crippen MR) is 57.7 cm³/mol. The van der Waals surface area contributed by atoms with Crippen LogP contribution in [0.25, 0.3) is 0 Å². The lowest BCUT2D eigenvalue weighted by atomic mass is 10.0. The minimum Gasteiger partial charge on any atom is -0.345 e. The van der Waals surface area contributed by atoms with Gasteiger partial charge in [-0.25, -0.2) is 0 Å². The number of nitrogens with zero attached hydrogens (tertiary/aromatic N) is 1. The van der Waals surface area contributed by atoms with Crippen LogP contribution in [0, 0.1) is 10.1 Å². The first kappa shape index (κ1) is 10.4. The van der Waals surface area contributed by atoms with Gasteiger partial charge in [-0.15, -0.1) is 0 Å². The zero-order valence-electron chi connectivity index (χ0n) is 8.42. The van der Waals surface area contributed by atoms with Gasteiger partial charge in [-0.2, -0.15) is 0 Å². The topological polar surface area (TPSA) is 72.2 Å². The standard InChI is InChI=1S/C11H10N2O3/c14-11-3-1-2-10(12-11)8-4-6-9(7-5-8)13(15)16/h1,3-7,10H,2H2,(H,12,14)/t10-/m0/s1. The highest BCUT2D eigenvalue weighted by Crippen LogP contribution is 2.22. The molecule has 1 heterocycles. The fourth-order valence-electron chi connectivity index (χ4n) is 1.64. The normalized spacial score (nSPS) is 19.2. The SMILES string of the molecule is O=C1C=CC[C@@H](c2ccc([N+](=O)[O-])cc2)N1. The van der Waals surface area contributed by atoms with Crippen LogP contribution in [-0.2, 0) is 4.79 Å². The predicted octanol–water partition coefficient (Wildman–Crippen LogP) is 1.71. The lowest BCUT2D eigenvalue weighted by Crippen LogP contribution is -2.29. The van der Waals surface area contributed by atoms with Gasteiger partial charge in [0, 0.05) is 12.1 Å². The van der Waals surface area contributed by atoms with Crippen LogP contribution in [0.4, 0.5) is 5.69 Å². The molecule has 0 aromatic heterocycles. The molecule has 1 amide bonds. The van der Waals surface area contributed by atoms with Gasteiger partial charge in [-0.3, -0.25) is 14.9 Å². The Morgan fingerprint density at radius 1 is 1.31 bits per heavy atom. The number of rotatable bonds is 2. The van der Waals surface area contributed by atoms with E-state index in [1.807, 2.05) is 0 Å². The molecule has 82 valence electrons. The maximum absolute atomic E-state index is 11.1. The van der Waals surface area contributed by atoms with Crippen LogP contribution < -0.4 is 5.32 Å². The molecule has 1 aliphatic heterocycles. The molecule has 0 aliphatic carbocycles. The van der Waals surface area contributed by atoms with Crippen LogP contribution in [0.2, 0.25) is 0 Å². The van der Waals surface area contributed by atoms with Gasteiger partial charge in [0.15, 0.2) is 0 Å². The Morgan fingerprint density at radius 3 is 2.56 bits per heavy atom. The summed E-state index contributed by atoms with van der Waals surface area (Å²) in [7, 11) is 0. The average Bonchev–Trinajstić information content (AvgIpc) is 2.29. The Morgan fingerprint density at radius 2 is 2.00 bits per heavy atom. The van der Waals surface area contributed by atoms with Crippen molar-refractivity contribution in [1.29, 1.82) is 0 Å². The maximum Gasteiger partial charge on any atom is 0.269 e. The summed E-state index contributed by atoms with van der Waals surface area (Å²) in [4.78, 5) is 21.1. The monoisotopic (exact) mass is 218 g/mol. The van der Waals surface area contributed by atoms with E-state index < -0.39 is 4.92 Å². The number of hydrogen-bond acceptors (Lipinski definition) is 3. The molecule has 5 nitrogen and oxygen atoms in total. The van der Waals surface area contributed by atoms with Crippen molar-refractivity contribution < 1.29 is 9.72 Å². The second-order valence-corrected chi connectivity index (χ2v) is 3.55. The Labute approximate surface area is 91.9 Å². The summed E-state index contributed by atoms with van der Waals surface area (Å²) in [6.07, 6.45) is 4.00. The molecule has 2 rings (SSSR count). The first-order chi connectivity index (χ1) is 7.66. The van der Waals surface area contributed by atoms with Crippen molar-refractivity contribution in [2.75, 3.05) is 0 Å². The molecule has 0 saturated carbocycles. The highest BCUT2D eigenvalue weighted by atomic mass is 16.6. The molecule has 1 aromatic carbocycles. The Hall–Kier alpha value is -2.17. The molecule has 1 N–H and O–H groups in total. The first-order valence-electron chi connectivity index (χ1n) is 4.88.